The van der Waals surface area contributed by atoms with Gasteiger partial charge in [-0.1, -0.05) is 37.5 Å². The van der Waals surface area contributed by atoms with E-state index in [2.05, 4.69) is 10.3 Å². The van der Waals surface area contributed by atoms with Crippen molar-refractivity contribution in [1.82, 2.24) is 14.6 Å². The van der Waals surface area contributed by atoms with Crippen LogP contribution in [0.4, 0.5) is 0 Å². The summed E-state index contributed by atoms with van der Waals surface area (Å²) in [5.74, 6) is 0.419. The van der Waals surface area contributed by atoms with E-state index in [4.69, 9.17) is 4.74 Å². The standard InChI is InChI=1S/C23H29N3O4S/c27-23(25-19-9-3-1-4-10-19)18-8-7-15-26(17-18)31(28,29)22-16-24-14-13-21(22)30-20-11-5-2-6-12-20/h2,5-6,11-14,16,18-19H,1,3-4,7-10,15,17H2,(H,25,27)/t18-/m0/s1. The number of carbonyl (C=O) groups excluding carboxylic acids is 1. The van der Waals surface area contributed by atoms with Gasteiger partial charge >= 0.3 is 0 Å². The van der Waals surface area contributed by atoms with Crippen molar-refractivity contribution in [2.45, 2.75) is 55.9 Å². The van der Waals surface area contributed by atoms with Crippen LogP contribution in [0.3, 0.4) is 0 Å². The second-order valence-corrected chi connectivity index (χ2v) is 10.2. The fraction of sp³-hybridized carbons (Fsp3) is 0.478. The van der Waals surface area contributed by atoms with Gasteiger partial charge in [0.05, 0.1) is 12.1 Å². The number of pyridine rings is 1. The molecule has 7 nitrogen and oxygen atoms in total. The highest BCUT2D eigenvalue weighted by Gasteiger charge is 2.35. The first-order valence-corrected chi connectivity index (χ1v) is 12.5. The fourth-order valence-electron chi connectivity index (χ4n) is 4.34. The minimum absolute atomic E-state index is 0.0205. The van der Waals surface area contributed by atoms with Crippen LogP contribution in [0, 0.1) is 5.92 Å². The van der Waals surface area contributed by atoms with E-state index in [-0.39, 0.29) is 35.1 Å². The summed E-state index contributed by atoms with van der Waals surface area (Å²) in [6.45, 7) is 0.565. The number of piperidine rings is 1. The molecule has 31 heavy (non-hydrogen) atoms. The van der Waals surface area contributed by atoms with Crippen LogP contribution in [0.5, 0.6) is 11.5 Å². The maximum Gasteiger partial charge on any atom is 0.248 e. The Labute approximate surface area is 183 Å². The van der Waals surface area contributed by atoms with E-state index in [0.717, 1.165) is 25.7 Å². The highest BCUT2D eigenvalue weighted by molar-refractivity contribution is 7.89. The molecule has 0 bridgehead atoms. The Hall–Kier alpha value is -2.45. The van der Waals surface area contributed by atoms with Gasteiger partial charge in [0.2, 0.25) is 15.9 Å². The molecule has 1 aromatic heterocycles. The lowest BCUT2D eigenvalue weighted by Crippen LogP contribution is -2.47. The molecule has 1 aliphatic carbocycles. The lowest BCUT2D eigenvalue weighted by molar-refractivity contribution is -0.127. The molecule has 1 N–H and O–H groups in total. The minimum Gasteiger partial charge on any atom is -0.456 e. The van der Waals surface area contributed by atoms with E-state index in [9.17, 15) is 13.2 Å². The number of nitrogens with one attached hydrogen (secondary N) is 1. The van der Waals surface area contributed by atoms with Crippen molar-refractivity contribution < 1.29 is 17.9 Å². The highest BCUT2D eigenvalue weighted by atomic mass is 32.2. The lowest BCUT2D eigenvalue weighted by Gasteiger charge is -2.33. The summed E-state index contributed by atoms with van der Waals surface area (Å²) in [4.78, 5) is 16.8. The number of nitrogens with zero attached hydrogens (tertiary/aromatic N) is 2. The molecule has 1 saturated heterocycles. The van der Waals surface area contributed by atoms with E-state index in [1.54, 1.807) is 18.2 Å². The molecule has 1 aromatic carbocycles. The van der Waals surface area contributed by atoms with Crippen LogP contribution in [0.25, 0.3) is 0 Å². The van der Waals surface area contributed by atoms with Crippen LogP contribution >= 0.6 is 0 Å². The number of hydrogen-bond acceptors (Lipinski definition) is 5. The quantitative estimate of drug-likeness (QED) is 0.735. The maximum absolute atomic E-state index is 13.4. The summed E-state index contributed by atoms with van der Waals surface area (Å²) in [6, 6.07) is 10.8. The molecule has 8 heteroatoms. The normalized spacial score (nSPS) is 20.8. The Kier molecular flexibility index (Phi) is 6.87. The number of para-hydroxylation sites is 1. The number of aromatic nitrogens is 1. The smallest absolute Gasteiger partial charge is 0.248 e. The summed E-state index contributed by atoms with van der Waals surface area (Å²) < 4.78 is 34.1. The maximum atomic E-state index is 13.4. The molecular formula is C23H29N3O4S. The van der Waals surface area contributed by atoms with Gasteiger partial charge in [-0.2, -0.15) is 4.31 Å². The van der Waals surface area contributed by atoms with Crippen molar-refractivity contribution in [1.29, 1.82) is 0 Å². The molecule has 2 heterocycles. The van der Waals surface area contributed by atoms with E-state index >= 15 is 0 Å². The second-order valence-electron chi connectivity index (χ2n) is 8.28. The predicted octanol–water partition coefficient (Wildman–Crippen LogP) is 3.72. The summed E-state index contributed by atoms with van der Waals surface area (Å²) in [5.41, 5.74) is 0. The zero-order chi connectivity index (χ0) is 21.7. The van der Waals surface area contributed by atoms with Gasteiger partial charge < -0.3 is 10.1 Å². The van der Waals surface area contributed by atoms with E-state index in [0.29, 0.717) is 25.1 Å². The number of hydrogen-bond donors (Lipinski definition) is 1. The molecule has 1 saturated carbocycles. The van der Waals surface area contributed by atoms with Crippen LogP contribution in [0.1, 0.15) is 44.9 Å². The topological polar surface area (TPSA) is 88.6 Å². The first kappa shape index (κ1) is 21.8. The number of amides is 1. The van der Waals surface area contributed by atoms with Gasteiger partial charge in [0, 0.05) is 31.4 Å². The third-order valence-corrected chi connectivity index (χ3v) is 7.92. The van der Waals surface area contributed by atoms with Crippen molar-refractivity contribution in [2.75, 3.05) is 13.1 Å². The number of carbonyl (C=O) groups is 1. The Bertz CT molecular complexity index is 991. The molecule has 4 rings (SSSR count). The van der Waals surface area contributed by atoms with Crippen LogP contribution in [-0.2, 0) is 14.8 Å². The number of benzene rings is 1. The molecule has 1 aliphatic heterocycles. The Morgan fingerprint density at radius 2 is 1.81 bits per heavy atom. The van der Waals surface area contributed by atoms with Crippen molar-refractivity contribution in [2.24, 2.45) is 5.92 Å². The van der Waals surface area contributed by atoms with Crippen LogP contribution in [-0.4, -0.2) is 42.7 Å². The Balaban J connectivity index is 1.49. The van der Waals surface area contributed by atoms with E-state index in [1.807, 2.05) is 18.2 Å². The zero-order valence-corrected chi connectivity index (χ0v) is 18.4. The Morgan fingerprint density at radius 1 is 1.03 bits per heavy atom. The first-order valence-electron chi connectivity index (χ1n) is 11.0. The van der Waals surface area contributed by atoms with Gasteiger partial charge in [-0.3, -0.25) is 9.78 Å². The van der Waals surface area contributed by atoms with Gasteiger partial charge in [-0.05, 0) is 37.8 Å². The molecule has 1 atom stereocenters. The summed E-state index contributed by atoms with van der Waals surface area (Å²) in [6.07, 6.45) is 9.70. The van der Waals surface area contributed by atoms with Crippen LogP contribution in [0.15, 0.2) is 53.7 Å². The first-order chi connectivity index (χ1) is 15.0. The van der Waals surface area contributed by atoms with Crippen molar-refractivity contribution in [3.8, 4) is 11.5 Å². The van der Waals surface area contributed by atoms with Crippen molar-refractivity contribution in [3.63, 3.8) is 0 Å². The van der Waals surface area contributed by atoms with Gasteiger partial charge in [0.15, 0.2) is 5.75 Å². The summed E-state index contributed by atoms with van der Waals surface area (Å²) >= 11 is 0. The lowest BCUT2D eigenvalue weighted by atomic mass is 9.93. The SMILES string of the molecule is O=C(NC1CCCCC1)[C@H]1CCCN(S(=O)(=O)c2cnccc2Oc2ccccc2)C1. The molecule has 0 unspecified atom stereocenters. The third-order valence-electron chi connectivity index (χ3n) is 6.04. The molecule has 1 amide bonds. The van der Waals surface area contributed by atoms with Gasteiger partial charge in [0.25, 0.3) is 0 Å². The van der Waals surface area contributed by atoms with Crippen LogP contribution in [0.2, 0.25) is 0 Å². The van der Waals surface area contributed by atoms with Gasteiger partial charge in [0.1, 0.15) is 10.6 Å². The van der Waals surface area contributed by atoms with Gasteiger partial charge in [-0.15, -0.1) is 0 Å². The molecule has 2 fully saturated rings. The molecule has 2 aromatic rings. The minimum atomic E-state index is -3.85. The average Bonchev–Trinajstić information content (AvgIpc) is 2.81. The molecule has 2 aliphatic rings. The number of sulfonamides is 1. The highest BCUT2D eigenvalue weighted by Crippen LogP contribution is 2.32. The largest absolute Gasteiger partial charge is 0.456 e. The Morgan fingerprint density at radius 3 is 2.58 bits per heavy atom. The van der Waals surface area contributed by atoms with E-state index < -0.39 is 10.0 Å². The van der Waals surface area contributed by atoms with Gasteiger partial charge in [-0.25, -0.2) is 8.42 Å². The van der Waals surface area contributed by atoms with Crippen molar-refractivity contribution in [3.05, 3.63) is 48.8 Å². The van der Waals surface area contributed by atoms with E-state index in [1.165, 1.54) is 23.1 Å². The summed E-state index contributed by atoms with van der Waals surface area (Å²) in [5, 5.41) is 3.15. The molecule has 0 radical (unpaired) electrons. The monoisotopic (exact) mass is 443 g/mol. The molecular weight excluding hydrogens is 414 g/mol. The molecule has 0 spiro atoms. The zero-order valence-electron chi connectivity index (χ0n) is 17.6. The number of rotatable bonds is 6. The second kappa shape index (κ2) is 9.78. The fourth-order valence-corrected chi connectivity index (χ4v) is 5.92. The number of ether oxygens (including phenoxy) is 1. The van der Waals surface area contributed by atoms with Crippen LogP contribution < -0.4 is 10.1 Å². The third kappa shape index (κ3) is 5.25. The average molecular weight is 444 g/mol. The molecule has 166 valence electrons. The predicted molar refractivity (Wildman–Crippen MR) is 117 cm³/mol. The van der Waals surface area contributed by atoms with Crippen molar-refractivity contribution >= 4 is 15.9 Å². The summed E-state index contributed by atoms with van der Waals surface area (Å²) in [7, 11) is -3.85.